The van der Waals surface area contributed by atoms with Gasteiger partial charge in [0.25, 0.3) is 0 Å². The molecule has 0 unspecified atom stereocenters. The first-order valence-electron chi connectivity index (χ1n) is 14.7. The molecule has 0 saturated carbocycles. The van der Waals surface area contributed by atoms with Gasteiger partial charge in [0.2, 0.25) is 0 Å². The fraction of sp³-hybridized carbons (Fsp3) is 0. The molecule has 0 saturated heterocycles. The van der Waals surface area contributed by atoms with Crippen LogP contribution in [0.2, 0.25) is 0 Å². The fourth-order valence-corrected chi connectivity index (χ4v) is 18.3. The number of carbonyl (C=O) groups is 6. The van der Waals surface area contributed by atoms with Crippen molar-refractivity contribution in [1.29, 1.82) is 0 Å². The Bertz CT molecular complexity index is 1410. The van der Waals surface area contributed by atoms with Crippen molar-refractivity contribution in [3.05, 3.63) is 167 Å². The van der Waals surface area contributed by atoms with Crippen molar-refractivity contribution in [3.8, 4) is 0 Å². The molecule has 0 bridgehead atoms. The molecule has 0 atom stereocenters. The molecular formula is C36H39N6O6Sb3. The molecule has 0 aliphatic heterocycles. The van der Waals surface area contributed by atoms with Crippen LogP contribution in [0.5, 0.6) is 0 Å². The van der Waals surface area contributed by atoms with E-state index in [0.717, 1.165) is 0 Å². The second kappa shape index (κ2) is 26.2. The molecule has 1 aromatic carbocycles. The Labute approximate surface area is 322 Å². The molecule has 0 fully saturated rings. The molecule has 1 aromatic rings. The summed E-state index contributed by atoms with van der Waals surface area (Å²) in [6, 6.07) is 5.07. The number of allylic oxidation sites excluding steroid dienone is 12. The van der Waals surface area contributed by atoms with E-state index < -0.39 is 97.7 Å². The molecular weight excluding hydrogens is 978 g/mol. The molecule has 0 radical (unpaired) electrons. The van der Waals surface area contributed by atoms with Crippen LogP contribution in [0.3, 0.4) is 0 Å². The molecule has 6 N–H and O–H groups in total. The summed E-state index contributed by atoms with van der Waals surface area (Å²) in [5.41, 5.74) is 0. The van der Waals surface area contributed by atoms with E-state index in [2.05, 4.69) is 60.3 Å². The Morgan fingerprint density at radius 1 is 0.353 bits per heavy atom. The van der Waals surface area contributed by atoms with E-state index in [0.29, 0.717) is 10.5 Å². The summed E-state index contributed by atoms with van der Waals surface area (Å²) in [6.07, 6.45) is 24.6. The summed E-state index contributed by atoms with van der Waals surface area (Å²) in [5, 5.41) is 0. The van der Waals surface area contributed by atoms with Crippen molar-refractivity contribution >= 4 is 108 Å². The van der Waals surface area contributed by atoms with Gasteiger partial charge in [-0.1, -0.05) is 0 Å². The second-order valence-corrected chi connectivity index (χ2v) is 23.1. The van der Waals surface area contributed by atoms with Gasteiger partial charge < -0.3 is 0 Å². The molecule has 51 heavy (non-hydrogen) atoms. The number of amides is 6. The average molecular weight is 1020 g/mol. The zero-order valence-corrected chi connectivity index (χ0v) is 35.3. The zero-order valence-electron chi connectivity index (χ0n) is 27.7. The zero-order chi connectivity index (χ0) is 38.0. The molecule has 0 aromatic heterocycles. The van der Waals surface area contributed by atoms with E-state index in [1.807, 2.05) is 0 Å². The third-order valence-electron chi connectivity index (χ3n) is 5.30. The van der Waals surface area contributed by atoms with Gasteiger partial charge in [0, 0.05) is 0 Å². The number of hydrogen-bond acceptors (Lipinski definition) is 6. The van der Waals surface area contributed by atoms with Crippen LogP contribution in [0.15, 0.2) is 167 Å². The molecule has 12 nitrogen and oxygen atoms in total. The van der Waals surface area contributed by atoms with Crippen LogP contribution >= 0.6 is 0 Å². The number of benzene rings is 1. The van der Waals surface area contributed by atoms with Crippen LogP contribution in [-0.4, -0.2) is 97.7 Å². The van der Waals surface area contributed by atoms with Gasteiger partial charge in [-0.25, -0.2) is 0 Å². The first kappa shape index (κ1) is 44.4. The number of nitrogens with one attached hydrogen (secondary N) is 6. The maximum atomic E-state index is 12.9. The molecule has 15 heteroatoms. The Balaban J connectivity index is 4.17. The topological polar surface area (TPSA) is 175 Å². The standard InChI is InChI=1S/C6H3.6C5H7NO.3Sb/c1-2-4-6-5-3-1;6*1-2-3-4-5(6)7;;;/h1,4-5H;6*2-4H,1H2,(H2,6,7);;;/q;;;;;;;3*+2/p-6. The summed E-state index contributed by atoms with van der Waals surface area (Å²) in [7, 11) is 0. The molecule has 0 aliphatic carbocycles. The Morgan fingerprint density at radius 3 is 0.647 bits per heavy atom. The molecule has 6 amide bonds. The Hall–Kier alpha value is -4.63. The maximum absolute atomic E-state index is 12.9. The summed E-state index contributed by atoms with van der Waals surface area (Å²) in [5.74, 6) is -3.06. The van der Waals surface area contributed by atoms with Crippen molar-refractivity contribution < 1.29 is 28.8 Å². The molecule has 1 rings (SSSR count). The van der Waals surface area contributed by atoms with E-state index in [1.165, 1.54) is 109 Å². The van der Waals surface area contributed by atoms with E-state index >= 15 is 0 Å². The molecule has 0 spiro atoms. The van der Waals surface area contributed by atoms with E-state index in [-0.39, 0.29) is 0 Å². The first-order valence-corrected chi connectivity index (χ1v) is 26.1. The van der Waals surface area contributed by atoms with E-state index in [9.17, 15) is 28.8 Å². The van der Waals surface area contributed by atoms with Crippen molar-refractivity contribution in [3.63, 3.8) is 0 Å². The van der Waals surface area contributed by atoms with Crippen molar-refractivity contribution in [2.45, 2.75) is 0 Å². The van der Waals surface area contributed by atoms with Crippen LogP contribution in [-0.2, 0) is 28.8 Å². The second-order valence-electron chi connectivity index (χ2n) is 9.14. The van der Waals surface area contributed by atoms with E-state index in [4.69, 9.17) is 0 Å². The summed E-state index contributed by atoms with van der Waals surface area (Å²) >= 11 is -10.8. The monoisotopic (exact) mass is 1010 g/mol. The van der Waals surface area contributed by atoms with Crippen molar-refractivity contribution in [2.24, 2.45) is 0 Å². The molecule has 264 valence electrons. The van der Waals surface area contributed by atoms with Crippen LogP contribution in [0.4, 0.5) is 0 Å². The van der Waals surface area contributed by atoms with Gasteiger partial charge >= 0.3 is 325 Å². The summed E-state index contributed by atoms with van der Waals surface area (Å²) in [6.45, 7) is 21.5. The molecule has 0 aliphatic rings. The van der Waals surface area contributed by atoms with Crippen LogP contribution in [0.25, 0.3) is 0 Å². The predicted octanol–water partition coefficient (Wildman–Crippen LogP) is -0.0774. The van der Waals surface area contributed by atoms with Crippen LogP contribution < -0.4 is 31.4 Å². The third kappa shape index (κ3) is 18.8. The van der Waals surface area contributed by atoms with Gasteiger partial charge in [0.15, 0.2) is 0 Å². The van der Waals surface area contributed by atoms with Gasteiger partial charge in [-0.3, -0.25) is 0 Å². The Morgan fingerprint density at radius 2 is 0.510 bits per heavy atom. The minimum absolute atomic E-state index is 0.480. The number of carbonyl (C=O) groups excluding carboxylic acids is 6. The Kier molecular flexibility index (Phi) is 22.8. The molecule has 0 heterocycles. The average Bonchev–Trinajstić information content (AvgIpc) is 3.11. The third-order valence-corrected chi connectivity index (χ3v) is 19.5. The predicted molar refractivity (Wildman–Crippen MR) is 207 cm³/mol. The summed E-state index contributed by atoms with van der Waals surface area (Å²) < 4.78 is 18.9. The van der Waals surface area contributed by atoms with Gasteiger partial charge in [-0.15, -0.1) is 0 Å². The summed E-state index contributed by atoms with van der Waals surface area (Å²) in [4.78, 5) is 77.7. The van der Waals surface area contributed by atoms with Gasteiger partial charge in [0.05, 0.1) is 0 Å². The number of rotatable bonds is 21. The normalized spacial score (nSPS) is 11.4. The van der Waals surface area contributed by atoms with E-state index in [1.54, 1.807) is 18.2 Å². The van der Waals surface area contributed by atoms with Crippen LogP contribution in [0.1, 0.15) is 0 Å². The van der Waals surface area contributed by atoms with Crippen LogP contribution in [0, 0.1) is 0 Å². The van der Waals surface area contributed by atoms with Gasteiger partial charge in [0.1, 0.15) is 0 Å². The van der Waals surface area contributed by atoms with Crippen molar-refractivity contribution in [1.82, 2.24) is 20.9 Å². The number of hydrogen-bond donors (Lipinski definition) is 6. The van der Waals surface area contributed by atoms with Gasteiger partial charge in [-0.2, -0.15) is 0 Å². The van der Waals surface area contributed by atoms with Crippen molar-refractivity contribution in [2.75, 3.05) is 0 Å². The SMILES string of the molecule is C=CC=CC(=O)[NH][Sb]([NH]C(=O)C=CC=C)[c]1c[c]([Sb]([NH]C(=O)C=CC=C)[NH]C(=O)C=CC=C)c[c]([Sb]([NH]C(=O)C=CC=C)[NH]C(=O)C=CC=C)c1. The first-order chi connectivity index (χ1) is 24.5. The minimum atomic E-state index is -3.61. The quantitative estimate of drug-likeness (QED) is 0.0572. The fourth-order valence-electron chi connectivity index (χ4n) is 3.26. The van der Waals surface area contributed by atoms with Gasteiger partial charge in [-0.05, 0) is 0 Å².